The van der Waals surface area contributed by atoms with Crippen LogP contribution in [-0.4, -0.2) is 52.2 Å². The minimum atomic E-state index is -4.46. The van der Waals surface area contributed by atoms with E-state index in [1.165, 1.54) is 6.07 Å². The summed E-state index contributed by atoms with van der Waals surface area (Å²) in [5.41, 5.74) is 1.46. The summed E-state index contributed by atoms with van der Waals surface area (Å²) in [6.07, 6.45) is -4.33. The number of carbonyl (C=O) groups excluding carboxylic acids is 2. The van der Waals surface area contributed by atoms with E-state index in [0.717, 1.165) is 10.0 Å². The van der Waals surface area contributed by atoms with Crippen molar-refractivity contribution in [3.05, 3.63) is 40.5 Å². The van der Waals surface area contributed by atoms with E-state index in [9.17, 15) is 22.8 Å². The van der Waals surface area contributed by atoms with E-state index < -0.39 is 30.6 Å². The molecule has 6 nitrogen and oxygen atoms in total. The molecule has 0 aliphatic carbocycles. The number of nitrogens with one attached hydrogen (secondary N) is 2. The summed E-state index contributed by atoms with van der Waals surface area (Å²) in [6.45, 7) is -1.35. The van der Waals surface area contributed by atoms with Crippen molar-refractivity contribution in [3.63, 3.8) is 0 Å². The van der Waals surface area contributed by atoms with Gasteiger partial charge in [-0.25, -0.2) is 0 Å². The summed E-state index contributed by atoms with van der Waals surface area (Å²) < 4.78 is 38.2. The summed E-state index contributed by atoms with van der Waals surface area (Å²) in [6, 6.07) is 7.84. The second kappa shape index (κ2) is 7.10. The number of benzene rings is 1. The summed E-state index contributed by atoms with van der Waals surface area (Å²) in [5, 5.41) is 9.09. The average Bonchev–Trinajstić information content (AvgIpc) is 3.17. The minimum Gasteiger partial charge on any atom is -0.339 e. The van der Waals surface area contributed by atoms with Gasteiger partial charge in [0.05, 0.1) is 5.69 Å². The van der Waals surface area contributed by atoms with Gasteiger partial charge in [-0.2, -0.15) is 18.3 Å². The van der Waals surface area contributed by atoms with Crippen molar-refractivity contribution in [2.75, 3.05) is 13.1 Å². The maximum absolute atomic E-state index is 12.4. The van der Waals surface area contributed by atoms with Gasteiger partial charge < -0.3 is 10.2 Å². The molecular weight excluding hydrogens is 417 g/mol. The highest BCUT2D eigenvalue weighted by Crippen LogP contribution is 2.22. The maximum Gasteiger partial charge on any atom is 0.406 e. The average molecular weight is 431 g/mol. The second-order valence-electron chi connectivity index (χ2n) is 5.86. The molecule has 1 saturated heterocycles. The van der Waals surface area contributed by atoms with E-state index in [2.05, 4.69) is 31.4 Å². The number of aromatic nitrogens is 2. The van der Waals surface area contributed by atoms with Crippen LogP contribution in [0.2, 0.25) is 0 Å². The Kier molecular flexibility index (Phi) is 5.03. The van der Waals surface area contributed by atoms with Crippen LogP contribution in [0.15, 0.2) is 34.8 Å². The van der Waals surface area contributed by atoms with Crippen LogP contribution in [0.1, 0.15) is 16.9 Å². The molecule has 1 aliphatic heterocycles. The smallest absolute Gasteiger partial charge is 0.339 e. The number of H-pyrrole nitrogens is 1. The quantitative estimate of drug-likeness (QED) is 0.782. The van der Waals surface area contributed by atoms with E-state index in [-0.39, 0.29) is 18.7 Å². The van der Waals surface area contributed by atoms with Crippen molar-refractivity contribution >= 4 is 27.7 Å². The van der Waals surface area contributed by atoms with Crippen molar-refractivity contribution in [3.8, 4) is 11.3 Å². The Hall–Kier alpha value is -2.36. The first-order valence-corrected chi connectivity index (χ1v) is 8.50. The third-order valence-corrected chi connectivity index (χ3v) is 4.46. The first-order valence-electron chi connectivity index (χ1n) is 7.71. The number of hydrogen-bond acceptors (Lipinski definition) is 3. The zero-order valence-electron chi connectivity index (χ0n) is 13.3. The molecule has 2 amide bonds. The topological polar surface area (TPSA) is 78.1 Å². The molecule has 2 N–H and O–H groups in total. The monoisotopic (exact) mass is 430 g/mol. The van der Waals surface area contributed by atoms with Crippen molar-refractivity contribution in [2.45, 2.75) is 18.6 Å². The highest BCUT2D eigenvalue weighted by atomic mass is 79.9. The molecule has 0 radical (unpaired) electrons. The molecule has 3 rings (SSSR count). The summed E-state index contributed by atoms with van der Waals surface area (Å²) in [4.78, 5) is 24.9. The molecule has 2 heterocycles. The number of alkyl halides is 3. The van der Waals surface area contributed by atoms with Crippen LogP contribution in [0.4, 0.5) is 13.2 Å². The number of aromatic amines is 1. The largest absolute Gasteiger partial charge is 0.406 e. The van der Waals surface area contributed by atoms with Gasteiger partial charge in [0.2, 0.25) is 5.91 Å². The molecular formula is C16H14BrF3N4O2. The van der Waals surface area contributed by atoms with E-state index in [1.54, 1.807) is 0 Å². The molecule has 1 atom stereocenters. The predicted octanol–water partition coefficient (Wildman–Crippen LogP) is 2.73. The summed E-state index contributed by atoms with van der Waals surface area (Å²) in [7, 11) is 0. The van der Waals surface area contributed by atoms with Gasteiger partial charge >= 0.3 is 6.18 Å². The van der Waals surface area contributed by atoms with Crippen molar-refractivity contribution in [1.82, 2.24) is 20.4 Å². The molecule has 0 spiro atoms. The molecule has 26 heavy (non-hydrogen) atoms. The second-order valence-corrected chi connectivity index (χ2v) is 6.78. The van der Waals surface area contributed by atoms with Gasteiger partial charge in [0.25, 0.3) is 5.91 Å². The molecule has 0 saturated carbocycles. The fraction of sp³-hybridized carbons (Fsp3) is 0.312. The van der Waals surface area contributed by atoms with E-state index in [0.29, 0.717) is 10.6 Å². The van der Waals surface area contributed by atoms with E-state index in [1.807, 2.05) is 24.3 Å². The first-order chi connectivity index (χ1) is 12.2. The lowest BCUT2D eigenvalue weighted by atomic mass is 10.1. The molecule has 2 aromatic rings. The number of rotatable bonds is 4. The molecule has 1 aromatic carbocycles. The van der Waals surface area contributed by atoms with Crippen molar-refractivity contribution in [1.29, 1.82) is 0 Å². The Bertz CT molecular complexity index is 820. The molecule has 1 aromatic heterocycles. The highest BCUT2D eigenvalue weighted by Gasteiger charge is 2.39. The lowest BCUT2D eigenvalue weighted by Gasteiger charge is -2.18. The molecule has 138 valence electrons. The molecule has 1 aliphatic rings. The van der Waals surface area contributed by atoms with Gasteiger partial charge in [-0.1, -0.05) is 28.1 Å². The van der Waals surface area contributed by atoms with E-state index in [4.69, 9.17) is 0 Å². The highest BCUT2D eigenvalue weighted by molar-refractivity contribution is 9.10. The first kappa shape index (κ1) is 18.4. The Morgan fingerprint density at radius 2 is 2.04 bits per heavy atom. The Labute approximate surface area is 154 Å². The maximum atomic E-state index is 12.4. The Balaban J connectivity index is 1.64. The zero-order chi connectivity index (χ0) is 18.9. The number of likely N-dealkylation sites (tertiary alicyclic amines) is 1. The fourth-order valence-corrected chi connectivity index (χ4v) is 2.95. The van der Waals surface area contributed by atoms with Crippen LogP contribution in [0.5, 0.6) is 0 Å². The predicted molar refractivity (Wildman–Crippen MR) is 90.2 cm³/mol. The van der Waals surface area contributed by atoms with E-state index >= 15 is 0 Å². The lowest BCUT2D eigenvalue weighted by Crippen LogP contribution is -2.43. The van der Waals surface area contributed by atoms with Crippen LogP contribution in [0, 0.1) is 0 Å². The number of carbonyl (C=O) groups is 2. The van der Waals surface area contributed by atoms with Gasteiger partial charge in [-0.15, -0.1) is 0 Å². The van der Waals surface area contributed by atoms with Gasteiger partial charge in [-0.3, -0.25) is 14.7 Å². The molecule has 1 unspecified atom stereocenters. The zero-order valence-corrected chi connectivity index (χ0v) is 14.9. The normalized spacial score (nSPS) is 17.6. The molecule has 10 heteroatoms. The minimum absolute atomic E-state index is 0.0452. The Morgan fingerprint density at radius 1 is 1.35 bits per heavy atom. The third kappa shape index (κ3) is 4.24. The van der Waals surface area contributed by atoms with Gasteiger partial charge in [0, 0.05) is 16.6 Å². The molecule has 0 bridgehead atoms. The van der Waals surface area contributed by atoms with Gasteiger partial charge in [0.15, 0.2) is 0 Å². The van der Waals surface area contributed by atoms with Crippen LogP contribution in [0.25, 0.3) is 11.3 Å². The Morgan fingerprint density at radius 3 is 2.69 bits per heavy atom. The fourth-order valence-electron chi connectivity index (χ4n) is 2.69. The summed E-state index contributed by atoms with van der Waals surface area (Å²) in [5.74, 6) is -1.32. The van der Waals surface area contributed by atoms with Crippen LogP contribution in [0.3, 0.4) is 0 Å². The summed E-state index contributed by atoms with van der Waals surface area (Å²) >= 11 is 3.33. The van der Waals surface area contributed by atoms with Crippen LogP contribution >= 0.6 is 15.9 Å². The number of hydrogen-bond donors (Lipinski definition) is 2. The standard InChI is InChI=1S/C16H14BrF3N4O2/c17-10-3-1-9(2-4-10)12-7-13(23-22-12)14(25)21-11-5-6-24(15(11)26)8-16(18,19)20/h1-4,7,11H,5-6,8H2,(H,21,25)(H,22,23). The van der Waals surface area contributed by atoms with Crippen molar-refractivity contribution < 1.29 is 22.8 Å². The van der Waals surface area contributed by atoms with Crippen molar-refractivity contribution in [2.24, 2.45) is 0 Å². The SMILES string of the molecule is O=C(NC1CCN(CC(F)(F)F)C1=O)c1cc(-c2ccc(Br)cc2)n[nH]1. The van der Waals surface area contributed by atoms with Crippen LogP contribution < -0.4 is 5.32 Å². The van der Waals surface area contributed by atoms with Crippen LogP contribution in [-0.2, 0) is 4.79 Å². The van der Waals surface area contributed by atoms with Gasteiger partial charge in [0.1, 0.15) is 18.3 Å². The number of amides is 2. The lowest BCUT2D eigenvalue weighted by molar-refractivity contribution is -0.157. The number of halogens is 4. The third-order valence-electron chi connectivity index (χ3n) is 3.94. The number of nitrogens with zero attached hydrogens (tertiary/aromatic N) is 2. The molecule has 1 fully saturated rings. The van der Waals surface area contributed by atoms with Gasteiger partial charge in [-0.05, 0) is 24.6 Å².